The number of carbonyl (C=O) groups is 1. The lowest BCUT2D eigenvalue weighted by Gasteiger charge is -2.11. The predicted octanol–water partition coefficient (Wildman–Crippen LogP) is 3.65. The van der Waals surface area contributed by atoms with E-state index in [1.165, 1.54) is 20.4 Å². The van der Waals surface area contributed by atoms with Gasteiger partial charge in [0.25, 0.3) is 5.91 Å². The second-order valence-corrected chi connectivity index (χ2v) is 6.85. The Labute approximate surface area is 189 Å². The quantitative estimate of drug-likeness (QED) is 0.170. The number of carbonyl (C=O) groups excluding carboxylic acids is 1. The zero-order chi connectivity index (χ0) is 21.9. The molecule has 0 unspecified atom stereocenters. The van der Waals surface area contributed by atoms with Gasteiger partial charge in [-0.3, -0.25) is 4.79 Å². The van der Waals surface area contributed by atoms with Gasteiger partial charge in [-0.05, 0) is 58.5 Å². The molecule has 2 aromatic rings. The van der Waals surface area contributed by atoms with Gasteiger partial charge in [0.15, 0.2) is 23.0 Å². The molecule has 0 aromatic heterocycles. The second-order valence-electron chi connectivity index (χ2n) is 5.69. The Balaban J connectivity index is 2.11. The molecule has 8 heteroatoms. The van der Waals surface area contributed by atoms with E-state index >= 15 is 0 Å². The Kier molecular flexibility index (Phi) is 9.03. The van der Waals surface area contributed by atoms with E-state index in [1.54, 1.807) is 30.3 Å². The van der Waals surface area contributed by atoms with E-state index in [0.29, 0.717) is 35.2 Å². The summed E-state index contributed by atoms with van der Waals surface area (Å²) in [7, 11) is 3.04. The monoisotopic (exact) mass is 520 g/mol. The highest BCUT2D eigenvalue weighted by atomic mass is 127. The summed E-state index contributed by atoms with van der Waals surface area (Å²) in [5.74, 6) is 4.06. The SMILES string of the molecule is C#CCOc1c(I)cc(/C=N/NC(=O)c2ccc(OCC=C)c(OC)c2)cc1OC. The van der Waals surface area contributed by atoms with Gasteiger partial charge in [-0.15, -0.1) is 6.42 Å². The smallest absolute Gasteiger partial charge is 0.271 e. The maximum Gasteiger partial charge on any atom is 0.271 e. The average Bonchev–Trinajstić information content (AvgIpc) is 2.76. The molecule has 30 heavy (non-hydrogen) atoms. The highest BCUT2D eigenvalue weighted by Crippen LogP contribution is 2.33. The van der Waals surface area contributed by atoms with Crippen molar-refractivity contribution in [1.29, 1.82) is 0 Å². The number of ether oxygens (including phenoxy) is 4. The molecule has 0 bridgehead atoms. The molecule has 2 rings (SSSR count). The second kappa shape index (κ2) is 11.7. The van der Waals surface area contributed by atoms with Gasteiger partial charge in [0, 0.05) is 5.56 Å². The molecule has 0 spiro atoms. The number of nitrogens with one attached hydrogen (secondary N) is 1. The molecular weight excluding hydrogens is 499 g/mol. The van der Waals surface area contributed by atoms with Crippen molar-refractivity contribution < 1.29 is 23.7 Å². The van der Waals surface area contributed by atoms with Crippen LogP contribution in [0, 0.1) is 15.9 Å². The van der Waals surface area contributed by atoms with Crippen LogP contribution in [0.1, 0.15) is 15.9 Å². The van der Waals surface area contributed by atoms with Gasteiger partial charge in [0.2, 0.25) is 0 Å². The van der Waals surface area contributed by atoms with Crippen LogP contribution in [-0.2, 0) is 0 Å². The van der Waals surface area contributed by atoms with E-state index in [2.05, 4.69) is 45.6 Å². The van der Waals surface area contributed by atoms with Crippen LogP contribution in [0.3, 0.4) is 0 Å². The number of hydrogen-bond donors (Lipinski definition) is 1. The van der Waals surface area contributed by atoms with Crippen molar-refractivity contribution in [2.45, 2.75) is 0 Å². The number of rotatable bonds is 10. The number of hydrogen-bond acceptors (Lipinski definition) is 6. The lowest BCUT2D eigenvalue weighted by molar-refractivity contribution is 0.0954. The zero-order valence-electron chi connectivity index (χ0n) is 16.6. The van der Waals surface area contributed by atoms with E-state index in [9.17, 15) is 4.79 Å². The Morgan fingerprint density at radius 1 is 1.20 bits per heavy atom. The molecule has 0 heterocycles. The van der Waals surface area contributed by atoms with E-state index in [4.69, 9.17) is 25.4 Å². The van der Waals surface area contributed by atoms with Crippen LogP contribution in [0.5, 0.6) is 23.0 Å². The fourth-order valence-corrected chi connectivity index (χ4v) is 3.16. The number of hydrazone groups is 1. The van der Waals surface area contributed by atoms with Crippen LogP contribution in [0.25, 0.3) is 0 Å². The molecule has 1 amide bonds. The van der Waals surface area contributed by atoms with E-state index in [0.717, 1.165) is 9.13 Å². The van der Waals surface area contributed by atoms with Crippen molar-refractivity contribution in [2.75, 3.05) is 27.4 Å². The van der Waals surface area contributed by atoms with E-state index < -0.39 is 5.91 Å². The highest BCUT2D eigenvalue weighted by molar-refractivity contribution is 14.1. The summed E-state index contributed by atoms with van der Waals surface area (Å²) in [5, 5.41) is 4.01. The van der Waals surface area contributed by atoms with Gasteiger partial charge in [0.1, 0.15) is 13.2 Å². The zero-order valence-corrected chi connectivity index (χ0v) is 18.8. The maximum atomic E-state index is 12.4. The minimum Gasteiger partial charge on any atom is -0.493 e. The van der Waals surface area contributed by atoms with Crippen LogP contribution < -0.4 is 24.4 Å². The van der Waals surface area contributed by atoms with Crippen LogP contribution in [-0.4, -0.2) is 39.6 Å². The number of benzene rings is 2. The standard InChI is InChI=1S/C22H21IN2O5/c1-5-9-29-18-8-7-16(13-19(18)27-3)22(26)25-24-14-15-11-17(23)21(30-10-6-2)20(12-15)28-4/h2,5,7-8,11-14H,1,9-10H2,3-4H3,(H,25,26)/b24-14+. The molecule has 0 aliphatic carbocycles. The molecule has 1 N–H and O–H groups in total. The van der Waals surface area contributed by atoms with Crippen molar-refractivity contribution in [3.8, 4) is 35.3 Å². The molecule has 2 aromatic carbocycles. The number of halogens is 1. The minimum absolute atomic E-state index is 0.136. The molecule has 0 radical (unpaired) electrons. The third-order valence-corrected chi connectivity index (χ3v) is 4.52. The first-order valence-corrected chi connectivity index (χ1v) is 9.80. The van der Waals surface area contributed by atoms with Gasteiger partial charge >= 0.3 is 0 Å². The molecule has 156 valence electrons. The predicted molar refractivity (Wildman–Crippen MR) is 124 cm³/mol. The summed E-state index contributed by atoms with van der Waals surface area (Å²) in [4.78, 5) is 12.4. The molecule has 0 aliphatic heterocycles. The van der Waals surface area contributed by atoms with Crippen molar-refractivity contribution in [3.63, 3.8) is 0 Å². The van der Waals surface area contributed by atoms with Crippen molar-refractivity contribution in [1.82, 2.24) is 5.43 Å². The van der Waals surface area contributed by atoms with Crippen molar-refractivity contribution in [3.05, 3.63) is 57.7 Å². The highest BCUT2D eigenvalue weighted by Gasteiger charge is 2.12. The van der Waals surface area contributed by atoms with Crippen LogP contribution in [0.2, 0.25) is 0 Å². The minimum atomic E-state index is -0.393. The molecule has 0 aliphatic rings. The summed E-state index contributed by atoms with van der Waals surface area (Å²) in [6.45, 7) is 4.07. The lowest BCUT2D eigenvalue weighted by Crippen LogP contribution is -2.17. The number of terminal acetylenes is 1. The van der Waals surface area contributed by atoms with Gasteiger partial charge in [-0.25, -0.2) is 5.43 Å². The van der Waals surface area contributed by atoms with Crippen LogP contribution >= 0.6 is 22.6 Å². The van der Waals surface area contributed by atoms with Gasteiger partial charge in [-0.1, -0.05) is 18.6 Å². The normalized spacial score (nSPS) is 10.2. The third kappa shape index (κ3) is 6.15. The molecule has 0 saturated carbocycles. The summed E-state index contributed by atoms with van der Waals surface area (Å²) >= 11 is 2.11. The van der Waals surface area contributed by atoms with Crippen LogP contribution in [0.15, 0.2) is 48.1 Å². The first kappa shape index (κ1) is 23.1. The van der Waals surface area contributed by atoms with Crippen LogP contribution in [0.4, 0.5) is 0 Å². The fraction of sp³-hybridized carbons (Fsp3) is 0.182. The number of amides is 1. The third-order valence-electron chi connectivity index (χ3n) is 3.71. The van der Waals surface area contributed by atoms with Gasteiger partial charge < -0.3 is 18.9 Å². The van der Waals surface area contributed by atoms with E-state index in [-0.39, 0.29) is 6.61 Å². The van der Waals surface area contributed by atoms with Crippen molar-refractivity contribution >= 4 is 34.7 Å². The maximum absolute atomic E-state index is 12.4. The summed E-state index contributed by atoms with van der Waals surface area (Å²) in [6, 6.07) is 8.42. The largest absolute Gasteiger partial charge is 0.493 e. The Bertz CT molecular complexity index is 982. The first-order chi connectivity index (χ1) is 14.5. The topological polar surface area (TPSA) is 78.4 Å². The molecule has 0 atom stereocenters. The fourth-order valence-electron chi connectivity index (χ4n) is 2.37. The summed E-state index contributed by atoms with van der Waals surface area (Å²) < 4.78 is 22.4. The summed E-state index contributed by atoms with van der Waals surface area (Å²) in [6.07, 6.45) is 8.37. The Hall–Kier alpha value is -3.19. The first-order valence-electron chi connectivity index (χ1n) is 8.73. The molecule has 0 saturated heterocycles. The Morgan fingerprint density at radius 2 is 1.97 bits per heavy atom. The number of methoxy groups -OCH3 is 2. The van der Waals surface area contributed by atoms with Gasteiger partial charge in [0.05, 0.1) is 24.0 Å². The summed E-state index contributed by atoms with van der Waals surface area (Å²) in [5.41, 5.74) is 3.58. The lowest BCUT2D eigenvalue weighted by atomic mass is 10.2. The average molecular weight is 520 g/mol. The van der Waals surface area contributed by atoms with Gasteiger partial charge in [-0.2, -0.15) is 5.10 Å². The Morgan fingerprint density at radius 3 is 2.63 bits per heavy atom. The number of nitrogens with zero attached hydrogens (tertiary/aromatic N) is 1. The molecular formula is C22H21IN2O5. The van der Waals surface area contributed by atoms with Crippen molar-refractivity contribution in [2.24, 2.45) is 5.10 Å². The van der Waals surface area contributed by atoms with E-state index in [1.807, 2.05) is 6.07 Å². The molecule has 7 nitrogen and oxygen atoms in total. The molecule has 0 fully saturated rings.